The fourth-order valence-electron chi connectivity index (χ4n) is 1.57. The summed E-state index contributed by atoms with van der Waals surface area (Å²) in [5.74, 6) is -5.46. The van der Waals surface area contributed by atoms with Crippen LogP contribution in [0.4, 0.5) is 13.2 Å². The molecule has 1 unspecified atom stereocenters. The monoisotopic (exact) mass is 246 g/mol. The van der Waals surface area contributed by atoms with E-state index < -0.39 is 23.6 Å². The molecule has 17 heavy (non-hydrogen) atoms. The van der Waals surface area contributed by atoms with Crippen molar-refractivity contribution in [2.45, 2.75) is 32.1 Å². The molecule has 1 rings (SSSR count). The highest BCUT2D eigenvalue weighted by Crippen LogP contribution is 2.31. The SMILES string of the molecule is CC(CC(=O)O)c1cc(C(C)(F)F)ccc1F. The van der Waals surface area contributed by atoms with Gasteiger partial charge in [0.15, 0.2) is 0 Å². The summed E-state index contributed by atoms with van der Waals surface area (Å²) in [5.41, 5.74) is -0.308. The van der Waals surface area contributed by atoms with Gasteiger partial charge < -0.3 is 5.11 Å². The van der Waals surface area contributed by atoms with E-state index in [4.69, 9.17) is 5.11 Å². The molecule has 1 N–H and O–H groups in total. The molecular formula is C12H13F3O2. The average molecular weight is 246 g/mol. The van der Waals surface area contributed by atoms with Gasteiger partial charge in [-0.05, 0) is 23.6 Å². The molecular weight excluding hydrogens is 233 g/mol. The number of hydrogen-bond donors (Lipinski definition) is 1. The molecule has 0 bridgehead atoms. The topological polar surface area (TPSA) is 37.3 Å². The minimum Gasteiger partial charge on any atom is -0.481 e. The van der Waals surface area contributed by atoms with Gasteiger partial charge in [0.1, 0.15) is 5.82 Å². The Labute approximate surface area is 97.1 Å². The number of rotatable bonds is 4. The van der Waals surface area contributed by atoms with Crippen LogP contribution in [0, 0.1) is 5.82 Å². The lowest BCUT2D eigenvalue weighted by molar-refractivity contribution is -0.137. The van der Waals surface area contributed by atoms with Crippen LogP contribution in [0.1, 0.15) is 37.3 Å². The lowest BCUT2D eigenvalue weighted by Crippen LogP contribution is -2.10. The van der Waals surface area contributed by atoms with Gasteiger partial charge in [-0.1, -0.05) is 13.0 Å². The van der Waals surface area contributed by atoms with Crippen LogP contribution in [0.5, 0.6) is 0 Å². The molecule has 0 aliphatic heterocycles. The fourth-order valence-corrected chi connectivity index (χ4v) is 1.57. The van der Waals surface area contributed by atoms with Gasteiger partial charge in [0.05, 0.1) is 6.42 Å². The van der Waals surface area contributed by atoms with E-state index in [9.17, 15) is 18.0 Å². The second-order valence-corrected chi connectivity index (χ2v) is 4.12. The van der Waals surface area contributed by atoms with Gasteiger partial charge >= 0.3 is 5.97 Å². The summed E-state index contributed by atoms with van der Waals surface area (Å²) < 4.78 is 39.5. The van der Waals surface area contributed by atoms with Crippen LogP contribution in [0.15, 0.2) is 18.2 Å². The van der Waals surface area contributed by atoms with E-state index in [1.165, 1.54) is 6.92 Å². The number of carbonyl (C=O) groups is 1. The first-order chi connectivity index (χ1) is 7.71. The predicted molar refractivity (Wildman–Crippen MR) is 56.6 cm³/mol. The Hall–Kier alpha value is -1.52. The molecule has 0 radical (unpaired) electrons. The lowest BCUT2D eigenvalue weighted by Gasteiger charge is -2.15. The van der Waals surface area contributed by atoms with Crippen molar-refractivity contribution in [3.63, 3.8) is 0 Å². The molecule has 0 amide bonds. The molecule has 0 heterocycles. The van der Waals surface area contributed by atoms with E-state index in [-0.39, 0.29) is 17.5 Å². The smallest absolute Gasteiger partial charge is 0.303 e. The lowest BCUT2D eigenvalue weighted by atomic mass is 9.94. The van der Waals surface area contributed by atoms with Crippen LogP contribution < -0.4 is 0 Å². The Morgan fingerprint density at radius 2 is 2.06 bits per heavy atom. The van der Waals surface area contributed by atoms with Crippen molar-refractivity contribution in [2.24, 2.45) is 0 Å². The van der Waals surface area contributed by atoms with E-state index >= 15 is 0 Å². The minimum atomic E-state index is -3.06. The summed E-state index contributed by atoms with van der Waals surface area (Å²) >= 11 is 0. The molecule has 0 saturated carbocycles. The van der Waals surface area contributed by atoms with Crippen molar-refractivity contribution in [3.8, 4) is 0 Å². The number of carboxylic acids is 1. The first kappa shape index (κ1) is 13.5. The number of hydrogen-bond acceptors (Lipinski definition) is 1. The van der Waals surface area contributed by atoms with Crippen LogP contribution in [-0.4, -0.2) is 11.1 Å². The third-order valence-electron chi connectivity index (χ3n) is 2.51. The van der Waals surface area contributed by atoms with Gasteiger partial charge in [-0.3, -0.25) is 4.79 Å². The second kappa shape index (κ2) is 4.77. The zero-order chi connectivity index (χ0) is 13.2. The maximum absolute atomic E-state index is 13.4. The predicted octanol–water partition coefficient (Wildman–Crippen LogP) is 3.52. The highest BCUT2D eigenvalue weighted by atomic mass is 19.3. The molecule has 0 saturated heterocycles. The van der Waals surface area contributed by atoms with E-state index in [1.807, 2.05) is 0 Å². The third kappa shape index (κ3) is 3.47. The normalized spacial score (nSPS) is 13.5. The van der Waals surface area contributed by atoms with E-state index in [0.717, 1.165) is 18.2 Å². The maximum atomic E-state index is 13.4. The Bertz CT molecular complexity index is 424. The van der Waals surface area contributed by atoms with Crippen LogP contribution in [0.2, 0.25) is 0 Å². The van der Waals surface area contributed by atoms with Gasteiger partial charge in [0.2, 0.25) is 0 Å². The summed E-state index contributed by atoms with van der Waals surface area (Å²) in [4.78, 5) is 10.5. The van der Waals surface area contributed by atoms with E-state index in [2.05, 4.69) is 0 Å². The number of alkyl halides is 2. The first-order valence-corrected chi connectivity index (χ1v) is 5.11. The Balaban J connectivity index is 3.10. The van der Waals surface area contributed by atoms with Gasteiger partial charge in [-0.25, -0.2) is 13.2 Å². The highest BCUT2D eigenvalue weighted by molar-refractivity contribution is 5.68. The molecule has 2 nitrogen and oxygen atoms in total. The first-order valence-electron chi connectivity index (χ1n) is 5.11. The molecule has 0 aromatic heterocycles. The van der Waals surface area contributed by atoms with Gasteiger partial charge in [-0.15, -0.1) is 0 Å². The summed E-state index contributed by atoms with van der Waals surface area (Å²) in [7, 11) is 0. The number of aliphatic carboxylic acids is 1. The zero-order valence-corrected chi connectivity index (χ0v) is 9.51. The van der Waals surface area contributed by atoms with E-state index in [1.54, 1.807) is 0 Å². The van der Waals surface area contributed by atoms with Crippen molar-refractivity contribution < 1.29 is 23.1 Å². The third-order valence-corrected chi connectivity index (χ3v) is 2.51. The van der Waals surface area contributed by atoms with Crippen molar-refractivity contribution in [1.82, 2.24) is 0 Å². The van der Waals surface area contributed by atoms with Crippen LogP contribution in [0.25, 0.3) is 0 Å². The Morgan fingerprint density at radius 3 is 2.53 bits per heavy atom. The molecule has 0 aliphatic rings. The Morgan fingerprint density at radius 1 is 1.47 bits per heavy atom. The second-order valence-electron chi connectivity index (χ2n) is 4.12. The molecule has 1 aromatic rings. The van der Waals surface area contributed by atoms with Crippen LogP contribution >= 0.6 is 0 Å². The fraction of sp³-hybridized carbons (Fsp3) is 0.417. The van der Waals surface area contributed by atoms with Crippen molar-refractivity contribution in [2.75, 3.05) is 0 Å². The summed E-state index contributed by atoms with van der Waals surface area (Å²) in [6, 6.07) is 2.98. The van der Waals surface area contributed by atoms with Crippen molar-refractivity contribution in [3.05, 3.63) is 35.1 Å². The van der Waals surface area contributed by atoms with Gasteiger partial charge in [0, 0.05) is 12.5 Å². The van der Waals surface area contributed by atoms with Gasteiger partial charge in [0.25, 0.3) is 5.92 Å². The largest absolute Gasteiger partial charge is 0.481 e. The molecule has 94 valence electrons. The summed E-state index contributed by atoms with van der Waals surface area (Å²) in [6.07, 6.45) is -0.296. The molecule has 0 aliphatic carbocycles. The standard InChI is InChI=1S/C12H13F3O2/c1-7(5-11(16)17)9-6-8(12(2,14)15)3-4-10(9)13/h3-4,6-7H,5H2,1-2H3,(H,16,17). The Kier molecular flexibility index (Phi) is 3.80. The van der Waals surface area contributed by atoms with Crippen LogP contribution in [0.3, 0.4) is 0 Å². The minimum absolute atomic E-state index is 0.00595. The molecule has 1 atom stereocenters. The molecule has 1 aromatic carbocycles. The van der Waals surface area contributed by atoms with Crippen molar-refractivity contribution in [1.29, 1.82) is 0 Å². The summed E-state index contributed by atoms with van der Waals surface area (Å²) in [5, 5.41) is 8.59. The number of halogens is 3. The van der Waals surface area contributed by atoms with Crippen molar-refractivity contribution >= 4 is 5.97 Å². The van der Waals surface area contributed by atoms with E-state index in [0.29, 0.717) is 6.92 Å². The van der Waals surface area contributed by atoms with Gasteiger partial charge in [-0.2, -0.15) is 0 Å². The zero-order valence-electron chi connectivity index (χ0n) is 9.51. The highest BCUT2D eigenvalue weighted by Gasteiger charge is 2.26. The summed E-state index contributed by atoms with van der Waals surface area (Å²) in [6.45, 7) is 2.20. The molecule has 0 fully saturated rings. The number of carboxylic acid groups (broad SMARTS) is 1. The number of benzene rings is 1. The molecule has 5 heteroatoms. The average Bonchev–Trinajstić information content (AvgIpc) is 2.15. The maximum Gasteiger partial charge on any atom is 0.303 e. The molecule has 0 spiro atoms. The quantitative estimate of drug-likeness (QED) is 0.882. The van der Waals surface area contributed by atoms with Crippen LogP contribution in [-0.2, 0) is 10.7 Å².